The predicted octanol–water partition coefficient (Wildman–Crippen LogP) is 2.08. The first-order valence-corrected chi connectivity index (χ1v) is 13.5. The summed E-state index contributed by atoms with van der Waals surface area (Å²) in [5.41, 5.74) is 6.71. The molecule has 1 aliphatic heterocycles. The molecule has 2 unspecified atom stereocenters. The minimum atomic E-state index is -4.11. The third-order valence-corrected chi connectivity index (χ3v) is 7.93. The fraction of sp³-hybridized carbons (Fsp3) is 0.269. The number of piperidine rings is 1. The number of amides is 2. The number of nitrogens with zero attached hydrogens (tertiary/aromatic N) is 2. The molecule has 11 nitrogen and oxygen atoms in total. The number of rotatable bonds is 8. The van der Waals surface area contributed by atoms with Crippen LogP contribution in [0.5, 0.6) is 0 Å². The summed E-state index contributed by atoms with van der Waals surface area (Å²) in [7, 11) is -4.11. The number of likely N-dealkylation sites (tertiary alicyclic amines) is 1. The summed E-state index contributed by atoms with van der Waals surface area (Å²) in [4.78, 5) is 26.3. The Bertz CT molecular complexity index is 1480. The van der Waals surface area contributed by atoms with E-state index in [0.717, 1.165) is 10.8 Å². The molecule has 0 radical (unpaired) electrons. The lowest BCUT2D eigenvalue weighted by atomic mass is 10.0. The molecule has 2 atom stereocenters. The van der Waals surface area contributed by atoms with Crippen molar-refractivity contribution < 1.29 is 28.3 Å². The molecule has 200 valence electrons. The average molecular weight is 540 g/mol. The monoisotopic (exact) mass is 539 g/mol. The quantitative estimate of drug-likeness (QED) is 0.126. The first-order valence-electron chi connectivity index (χ1n) is 12.0. The van der Waals surface area contributed by atoms with Crippen molar-refractivity contribution in [2.45, 2.75) is 36.2 Å². The number of benzene rings is 3. The normalized spacial score (nSPS) is 17.2. The van der Waals surface area contributed by atoms with E-state index in [2.05, 4.69) is 15.2 Å². The molecule has 38 heavy (non-hydrogen) atoms. The van der Waals surface area contributed by atoms with Crippen LogP contribution in [0.3, 0.4) is 0 Å². The SMILES string of the molecule is NC(=NO)c1cccc(CC(NS(=O)(=O)c2ccc3ccccc3c2)C(=O)N2CCCC(NC(=O)O)C2)c1. The molecule has 1 saturated heterocycles. The maximum Gasteiger partial charge on any atom is 0.404 e. The number of hydrogen-bond acceptors (Lipinski definition) is 6. The molecule has 1 fully saturated rings. The number of fused-ring (bicyclic) bond motifs is 1. The van der Waals surface area contributed by atoms with E-state index in [1.807, 2.05) is 18.2 Å². The number of oxime groups is 1. The molecule has 6 N–H and O–H groups in total. The van der Waals surface area contributed by atoms with Crippen LogP contribution in [0.1, 0.15) is 24.0 Å². The lowest BCUT2D eigenvalue weighted by Gasteiger charge is -2.35. The Morgan fingerprint density at radius 1 is 1.08 bits per heavy atom. The first kappa shape index (κ1) is 26.9. The van der Waals surface area contributed by atoms with Crippen LogP contribution in [0.25, 0.3) is 10.8 Å². The third kappa shape index (κ3) is 6.39. The molecule has 0 bridgehead atoms. The van der Waals surface area contributed by atoms with Crippen molar-refractivity contribution in [3.8, 4) is 0 Å². The Hall–Kier alpha value is -4.16. The smallest absolute Gasteiger partial charge is 0.404 e. The molecule has 3 aromatic carbocycles. The van der Waals surface area contributed by atoms with Gasteiger partial charge in [-0.05, 0) is 53.8 Å². The lowest BCUT2D eigenvalue weighted by molar-refractivity contribution is -0.134. The van der Waals surface area contributed by atoms with Crippen molar-refractivity contribution in [2.75, 3.05) is 13.1 Å². The van der Waals surface area contributed by atoms with Crippen molar-refractivity contribution in [1.82, 2.24) is 14.9 Å². The van der Waals surface area contributed by atoms with Crippen LogP contribution in [0, 0.1) is 0 Å². The Morgan fingerprint density at radius 3 is 2.58 bits per heavy atom. The topological polar surface area (TPSA) is 174 Å². The molecule has 12 heteroatoms. The first-order chi connectivity index (χ1) is 18.2. The molecule has 1 heterocycles. The number of nitrogens with one attached hydrogen (secondary N) is 2. The van der Waals surface area contributed by atoms with Crippen molar-refractivity contribution in [3.63, 3.8) is 0 Å². The van der Waals surface area contributed by atoms with Gasteiger partial charge in [-0.2, -0.15) is 4.72 Å². The highest BCUT2D eigenvalue weighted by Crippen LogP contribution is 2.21. The Balaban J connectivity index is 1.64. The number of carbonyl (C=O) groups is 2. The fourth-order valence-electron chi connectivity index (χ4n) is 4.61. The Labute approximate surface area is 220 Å². The minimum absolute atomic E-state index is 0.00822. The Morgan fingerprint density at radius 2 is 1.84 bits per heavy atom. The van der Waals surface area contributed by atoms with Gasteiger partial charge in [0.15, 0.2) is 5.84 Å². The van der Waals surface area contributed by atoms with Crippen molar-refractivity contribution in [1.29, 1.82) is 0 Å². The zero-order valence-corrected chi connectivity index (χ0v) is 21.3. The Kier molecular flexibility index (Phi) is 8.13. The lowest BCUT2D eigenvalue weighted by Crippen LogP contribution is -2.55. The molecular weight excluding hydrogens is 510 g/mol. The highest BCUT2D eigenvalue weighted by molar-refractivity contribution is 7.89. The van der Waals surface area contributed by atoms with Crippen LogP contribution in [-0.4, -0.2) is 66.6 Å². The zero-order chi connectivity index (χ0) is 27.3. The molecule has 0 aliphatic carbocycles. The van der Waals surface area contributed by atoms with Gasteiger partial charge in [0.1, 0.15) is 6.04 Å². The molecule has 0 aromatic heterocycles. The van der Waals surface area contributed by atoms with E-state index in [-0.39, 0.29) is 23.7 Å². The maximum absolute atomic E-state index is 13.7. The van der Waals surface area contributed by atoms with E-state index >= 15 is 0 Å². The molecule has 2 amide bonds. The summed E-state index contributed by atoms with van der Waals surface area (Å²) < 4.78 is 29.5. The largest absolute Gasteiger partial charge is 0.465 e. The van der Waals surface area contributed by atoms with E-state index in [0.29, 0.717) is 30.5 Å². The zero-order valence-electron chi connectivity index (χ0n) is 20.4. The van der Waals surface area contributed by atoms with Gasteiger partial charge in [0.2, 0.25) is 15.9 Å². The van der Waals surface area contributed by atoms with Gasteiger partial charge in [-0.1, -0.05) is 53.7 Å². The van der Waals surface area contributed by atoms with Gasteiger partial charge in [-0.3, -0.25) is 4.79 Å². The molecular formula is C26H29N5O6S. The number of sulfonamides is 1. The van der Waals surface area contributed by atoms with Gasteiger partial charge < -0.3 is 26.3 Å². The second-order valence-corrected chi connectivity index (χ2v) is 10.9. The fourth-order valence-corrected chi connectivity index (χ4v) is 5.83. The number of carboxylic acid groups (broad SMARTS) is 1. The van der Waals surface area contributed by atoms with Crippen molar-refractivity contribution in [3.05, 3.63) is 77.9 Å². The van der Waals surface area contributed by atoms with Gasteiger partial charge >= 0.3 is 6.09 Å². The van der Waals surface area contributed by atoms with Crippen molar-refractivity contribution in [2.24, 2.45) is 10.9 Å². The molecule has 0 spiro atoms. The van der Waals surface area contributed by atoms with Gasteiger partial charge in [0, 0.05) is 24.7 Å². The molecule has 4 rings (SSSR count). The summed E-state index contributed by atoms with van der Waals surface area (Å²) in [5.74, 6) is -0.592. The van der Waals surface area contributed by atoms with Gasteiger partial charge in [-0.25, -0.2) is 13.2 Å². The predicted molar refractivity (Wildman–Crippen MR) is 141 cm³/mol. The molecule has 0 saturated carbocycles. The van der Waals surface area contributed by atoms with Crippen LogP contribution in [0.4, 0.5) is 4.79 Å². The summed E-state index contributed by atoms with van der Waals surface area (Å²) in [5, 5.41) is 25.1. The number of hydrogen-bond donors (Lipinski definition) is 5. The summed E-state index contributed by atoms with van der Waals surface area (Å²) >= 11 is 0. The highest BCUT2D eigenvalue weighted by Gasteiger charge is 2.33. The van der Waals surface area contributed by atoms with Crippen LogP contribution in [0.15, 0.2) is 76.8 Å². The highest BCUT2D eigenvalue weighted by atomic mass is 32.2. The van der Waals surface area contributed by atoms with Crippen LogP contribution in [0.2, 0.25) is 0 Å². The number of amidine groups is 1. The second-order valence-electron chi connectivity index (χ2n) is 9.15. The van der Waals surface area contributed by atoms with Gasteiger partial charge in [-0.15, -0.1) is 0 Å². The second kappa shape index (κ2) is 11.5. The van der Waals surface area contributed by atoms with Gasteiger partial charge in [0.05, 0.1) is 4.90 Å². The maximum atomic E-state index is 13.7. The number of carbonyl (C=O) groups excluding carboxylic acids is 1. The standard InChI is InChI=1S/C26H29N5O6S/c27-24(29-35)20-8-3-5-17(13-20)14-23(25(32)31-12-4-9-21(16-31)28-26(33)34)30-38(36,37)22-11-10-18-6-1-2-7-19(18)15-22/h1-3,5-8,10-11,13,15,21,23,28,30,35H,4,9,12,14,16H2,(H2,27,29)(H,33,34). The average Bonchev–Trinajstić information content (AvgIpc) is 2.91. The summed E-state index contributed by atoms with van der Waals surface area (Å²) in [6.45, 7) is 0.498. The van der Waals surface area contributed by atoms with Crippen LogP contribution >= 0.6 is 0 Å². The van der Waals surface area contributed by atoms with Crippen molar-refractivity contribution >= 4 is 38.6 Å². The van der Waals surface area contributed by atoms with E-state index in [9.17, 15) is 18.0 Å². The number of nitrogens with two attached hydrogens (primary N) is 1. The van der Waals surface area contributed by atoms with E-state index < -0.39 is 34.1 Å². The summed E-state index contributed by atoms with van der Waals surface area (Å²) in [6, 6.07) is 17.1. The van der Waals surface area contributed by atoms with E-state index in [1.54, 1.807) is 42.5 Å². The summed E-state index contributed by atoms with van der Waals surface area (Å²) in [6.07, 6.45) is -0.0468. The van der Waals surface area contributed by atoms with Crippen LogP contribution < -0.4 is 15.8 Å². The van der Waals surface area contributed by atoms with E-state index in [1.165, 1.54) is 11.0 Å². The van der Waals surface area contributed by atoms with E-state index in [4.69, 9.17) is 16.0 Å². The van der Waals surface area contributed by atoms with Gasteiger partial charge in [0.25, 0.3) is 0 Å². The molecule has 1 aliphatic rings. The minimum Gasteiger partial charge on any atom is -0.465 e. The third-order valence-electron chi connectivity index (χ3n) is 6.46. The molecule has 3 aromatic rings. The van der Waals surface area contributed by atoms with Crippen LogP contribution in [-0.2, 0) is 21.2 Å².